The summed E-state index contributed by atoms with van der Waals surface area (Å²) in [4.78, 5) is 2.57. The minimum atomic E-state index is -0.604. The standard InChI is InChI=1S/C21H34BrNO/c1-4-11-21(24,12-5-2)20(18-7-6-8-19(22)15-18)16-23-13-9-17(3)10-14-23/h6-8,15,17,20,24H,4-5,9-14,16H2,1-3H3. The Hall–Kier alpha value is -0.380. The molecule has 0 radical (unpaired) electrons. The summed E-state index contributed by atoms with van der Waals surface area (Å²) in [6, 6.07) is 8.57. The number of hydrogen-bond acceptors (Lipinski definition) is 2. The molecule has 136 valence electrons. The van der Waals surface area contributed by atoms with Crippen LogP contribution >= 0.6 is 15.9 Å². The van der Waals surface area contributed by atoms with E-state index in [4.69, 9.17) is 0 Å². The van der Waals surface area contributed by atoms with Gasteiger partial charge in [-0.2, -0.15) is 0 Å². The number of benzene rings is 1. The lowest BCUT2D eigenvalue weighted by molar-refractivity contribution is -0.0190. The van der Waals surface area contributed by atoms with Gasteiger partial charge in [0.15, 0.2) is 0 Å². The molecule has 3 heteroatoms. The largest absolute Gasteiger partial charge is 0.389 e. The van der Waals surface area contributed by atoms with E-state index in [1.165, 1.54) is 31.5 Å². The summed E-state index contributed by atoms with van der Waals surface area (Å²) >= 11 is 3.61. The Kier molecular flexibility index (Phi) is 7.77. The second-order valence-corrected chi connectivity index (χ2v) is 8.61. The van der Waals surface area contributed by atoms with Crippen molar-refractivity contribution < 1.29 is 5.11 Å². The Bertz CT molecular complexity index is 490. The number of hydrogen-bond donors (Lipinski definition) is 1. The highest BCUT2D eigenvalue weighted by molar-refractivity contribution is 9.10. The van der Waals surface area contributed by atoms with Crippen LogP contribution in [-0.2, 0) is 0 Å². The van der Waals surface area contributed by atoms with Crippen molar-refractivity contribution in [3.05, 3.63) is 34.3 Å². The fraction of sp³-hybridized carbons (Fsp3) is 0.714. The molecule has 2 nitrogen and oxygen atoms in total. The van der Waals surface area contributed by atoms with Gasteiger partial charge in [-0.25, -0.2) is 0 Å². The van der Waals surface area contributed by atoms with Crippen LogP contribution in [0.1, 0.15) is 70.8 Å². The number of likely N-dealkylation sites (tertiary alicyclic amines) is 1. The minimum Gasteiger partial charge on any atom is -0.389 e. The van der Waals surface area contributed by atoms with Crippen LogP contribution in [0.15, 0.2) is 28.7 Å². The Balaban J connectivity index is 2.26. The molecule has 1 heterocycles. The van der Waals surface area contributed by atoms with Crippen LogP contribution in [0.3, 0.4) is 0 Å². The van der Waals surface area contributed by atoms with Crippen LogP contribution in [-0.4, -0.2) is 35.2 Å². The molecule has 0 aliphatic carbocycles. The highest BCUT2D eigenvalue weighted by Crippen LogP contribution is 2.38. The molecule has 0 bridgehead atoms. The first-order valence-electron chi connectivity index (χ1n) is 9.68. The van der Waals surface area contributed by atoms with Gasteiger partial charge >= 0.3 is 0 Å². The molecule has 1 fully saturated rings. The maximum absolute atomic E-state index is 11.6. The maximum atomic E-state index is 11.6. The minimum absolute atomic E-state index is 0.184. The molecular formula is C21H34BrNO. The van der Waals surface area contributed by atoms with Crippen molar-refractivity contribution in [1.82, 2.24) is 4.90 Å². The van der Waals surface area contributed by atoms with Crippen LogP contribution in [0.25, 0.3) is 0 Å². The topological polar surface area (TPSA) is 23.5 Å². The van der Waals surface area contributed by atoms with E-state index in [1.54, 1.807) is 0 Å². The average molecular weight is 396 g/mol. The smallest absolute Gasteiger partial charge is 0.0728 e. The van der Waals surface area contributed by atoms with Crippen LogP contribution in [0, 0.1) is 5.92 Å². The summed E-state index contributed by atoms with van der Waals surface area (Å²) in [6.07, 6.45) is 6.37. The predicted molar refractivity (Wildman–Crippen MR) is 106 cm³/mol. The lowest BCUT2D eigenvalue weighted by Gasteiger charge is -2.41. The Labute approximate surface area is 156 Å². The molecule has 1 saturated heterocycles. The fourth-order valence-corrected chi connectivity index (χ4v) is 4.57. The van der Waals surface area contributed by atoms with Gasteiger partial charge in [-0.1, -0.05) is 61.7 Å². The third-order valence-electron chi connectivity index (χ3n) is 5.58. The van der Waals surface area contributed by atoms with Crippen molar-refractivity contribution in [3.63, 3.8) is 0 Å². The van der Waals surface area contributed by atoms with Gasteiger partial charge in [0.05, 0.1) is 5.60 Å². The van der Waals surface area contributed by atoms with Gasteiger partial charge in [0.1, 0.15) is 0 Å². The number of aliphatic hydroxyl groups is 1. The SMILES string of the molecule is CCCC(O)(CCC)C(CN1CCC(C)CC1)c1cccc(Br)c1. The van der Waals surface area contributed by atoms with E-state index >= 15 is 0 Å². The molecule has 1 N–H and O–H groups in total. The zero-order valence-corrected chi connectivity index (χ0v) is 17.2. The van der Waals surface area contributed by atoms with Gasteiger partial charge in [0.25, 0.3) is 0 Å². The molecule has 1 aromatic carbocycles. The lowest BCUT2D eigenvalue weighted by Crippen LogP contribution is -2.45. The Morgan fingerprint density at radius 3 is 2.38 bits per heavy atom. The van der Waals surface area contributed by atoms with Gasteiger partial charge in [0, 0.05) is 16.9 Å². The zero-order valence-electron chi connectivity index (χ0n) is 15.6. The monoisotopic (exact) mass is 395 g/mol. The number of rotatable bonds is 8. The Morgan fingerprint density at radius 1 is 1.21 bits per heavy atom. The number of halogens is 1. The summed E-state index contributed by atoms with van der Waals surface area (Å²) in [7, 11) is 0. The van der Waals surface area contributed by atoms with Gasteiger partial charge in [-0.3, -0.25) is 0 Å². The van der Waals surface area contributed by atoms with Crippen LogP contribution in [0.5, 0.6) is 0 Å². The quantitative estimate of drug-likeness (QED) is 0.619. The molecule has 0 amide bonds. The van der Waals surface area contributed by atoms with E-state index < -0.39 is 5.60 Å². The summed E-state index contributed by atoms with van der Waals surface area (Å²) in [5.74, 6) is 1.03. The first-order chi connectivity index (χ1) is 11.5. The molecule has 1 aliphatic heterocycles. The van der Waals surface area contributed by atoms with Crippen LogP contribution in [0.4, 0.5) is 0 Å². The fourth-order valence-electron chi connectivity index (χ4n) is 4.15. The van der Waals surface area contributed by atoms with E-state index in [-0.39, 0.29) is 5.92 Å². The molecule has 1 atom stereocenters. The van der Waals surface area contributed by atoms with Crippen molar-refractivity contribution in [3.8, 4) is 0 Å². The van der Waals surface area contributed by atoms with Gasteiger partial charge in [0.2, 0.25) is 0 Å². The Morgan fingerprint density at radius 2 is 1.83 bits per heavy atom. The highest BCUT2D eigenvalue weighted by Gasteiger charge is 2.37. The summed E-state index contributed by atoms with van der Waals surface area (Å²) in [5, 5.41) is 11.6. The molecule has 2 rings (SSSR count). The molecule has 24 heavy (non-hydrogen) atoms. The molecule has 0 spiro atoms. The van der Waals surface area contributed by atoms with E-state index in [0.29, 0.717) is 0 Å². The molecule has 0 aromatic heterocycles. The van der Waals surface area contributed by atoms with Gasteiger partial charge in [-0.05, 0) is 62.4 Å². The molecule has 0 saturated carbocycles. The first-order valence-corrected chi connectivity index (χ1v) is 10.5. The van der Waals surface area contributed by atoms with Crippen molar-refractivity contribution in [1.29, 1.82) is 0 Å². The van der Waals surface area contributed by atoms with E-state index in [9.17, 15) is 5.11 Å². The van der Waals surface area contributed by atoms with Crippen LogP contribution < -0.4 is 0 Å². The average Bonchev–Trinajstić information content (AvgIpc) is 2.54. The second-order valence-electron chi connectivity index (χ2n) is 7.69. The second kappa shape index (κ2) is 9.35. The van der Waals surface area contributed by atoms with Crippen molar-refractivity contribution >= 4 is 15.9 Å². The van der Waals surface area contributed by atoms with E-state index in [0.717, 1.165) is 42.6 Å². The number of piperidine rings is 1. The summed E-state index contributed by atoms with van der Waals surface area (Å²) in [6.45, 7) is 10.0. The molecule has 1 unspecified atom stereocenters. The maximum Gasteiger partial charge on any atom is 0.0728 e. The zero-order chi connectivity index (χ0) is 17.6. The molecule has 1 aromatic rings. The van der Waals surface area contributed by atoms with Crippen LogP contribution in [0.2, 0.25) is 0 Å². The van der Waals surface area contributed by atoms with Gasteiger partial charge < -0.3 is 10.0 Å². The third kappa shape index (κ3) is 5.31. The summed E-state index contributed by atoms with van der Waals surface area (Å²) < 4.78 is 1.10. The third-order valence-corrected chi connectivity index (χ3v) is 6.08. The molecule has 1 aliphatic rings. The number of nitrogens with zero attached hydrogens (tertiary/aromatic N) is 1. The van der Waals surface area contributed by atoms with Crippen molar-refractivity contribution in [2.24, 2.45) is 5.92 Å². The molecular weight excluding hydrogens is 362 g/mol. The van der Waals surface area contributed by atoms with Crippen molar-refractivity contribution in [2.75, 3.05) is 19.6 Å². The highest BCUT2D eigenvalue weighted by atomic mass is 79.9. The van der Waals surface area contributed by atoms with Crippen molar-refractivity contribution in [2.45, 2.75) is 70.8 Å². The summed E-state index contributed by atoms with van der Waals surface area (Å²) in [5.41, 5.74) is 0.667. The van der Waals surface area contributed by atoms with Gasteiger partial charge in [-0.15, -0.1) is 0 Å². The normalized spacial score (nSPS) is 18.7. The predicted octanol–water partition coefficient (Wildman–Crippen LogP) is 5.60. The van der Waals surface area contributed by atoms with E-state index in [1.807, 2.05) is 0 Å². The first kappa shape index (κ1) is 19.9. The lowest BCUT2D eigenvalue weighted by atomic mass is 9.76. The van der Waals surface area contributed by atoms with E-state index in [2.05, 4.69) is 65.9 Å².